The van der Waals surface area contributed by atoms with E-state index in [0.29, 0.717) is 24.5 Å². The number of benzene rings is 2. The van der Waals surface area contributed by atoms with Gasteiger partial charge in [0.05, 0.1) is 11.2 Å². The minimum Gasteiger partial charge on any atom is -0.487 e. The van der Waals surface area contributed by atoms with Crippen LogP contribution in [-0.2, 0) is 13.2 Å². The molecule has 4 nitrogen and oxygen atoms in total. The predicted octanol–water partition coefficient (Wildman–Crippen LogP) is 4.30. The SMILES string of the molecule is Cc1ccccc1CN(C)C(=O)c1cccc(OCc2cscn2)c1. The van der Waals surface area contributed by atoms with Crippen molar-refractivity contribution in [1.29, 1.82) is 0 Å². The van der Waals surface area contributed by atoms with Crippen molar-refractivity contribution in [3.63, 3.8) is 0 Å². The summed E-state index contributed by atoms with van der Waals surface area (Å²) in [7, 11) is 1.82. The fourth-order valence-corrected chi connectivity index (χ4v) is 3.06. The summed E-state index contributed by atoms with van der Waals surface area (Å²) >= 11 is 1.54. The van der Waals surface area contributed by atoms with Crippen molar-refractivity contribution in [1.82, 2.24) is 9.88 Å². The fourth-order valence-electron chi connectivity index (χ4n) is 2.52. The Morgan fingerprint density at radius 1 is 1.20 bits per heavy atom. The van der Waals surface area contributed by atoms with Crippen molar-refractivity contribution in [2.75, 3.05) is 7.05 Å². The van der Waals surface area contributed by atoms with Crippen molar-refractivity contribution < 1.29 is 9.53 Å². The zero-order valence-electron chi connectivity index (χ0n) is 14.3. The number of aromatic nitrogens is 1. The monoisotopic (exact) mass is 352 g/mol. The first-order valence-corrected chi connectivity index (χ1v) is 8.97. The topological polar surface area (TPSA) is 42.4 Å². The van der Waals surface area contributed by atoms with Gasteiger partial charge in [-0.3, -0.25) is 4.79 Å². The molecule has 2 aromatic carbocycles. The molecule has 1 amide bonds. The minimum atomic E-state index is -0.0256. The van der Waals surface area contributed by atoms with Crippen molar-refractivity contribution >= 4 is 17.2 Å². The van der Waals surface area contributed by atoms with Gasteiger partial charge in [0.25, 0.3) is 5.91 Å². The maximum absolute atomic E-state index is 12.7. The first-order valence-electron chi connectivity index (χ1n) is 8.03. The number of hydrogen-bond donors (Lipinski definition) is 0. The van der Waals surface area contributed by atoms with Gasteiger partial charge < -0.3 is 9.64 Å². The Labute approximate surface area is 151 Å². The quantitative estimate of drug-likeness (QED) is 0.664. The molecule has 25 heavy (non-hydrogen) atoms. The second kappa shape index (κ2) is 7.94. The molecule has 0 aliphatic carbocycles. The average Bonchev–Trinajstić information content (AvgIpc) is 3.15. The number of carbonyl (C=O) groups excluding carboxylic acids is 1. The van der Waals surface area contributed by atoms with E-state index >= 15 is 0 Å². The lowest BCUT2D eigenvalue weighted by Crippen LogP contribution is -2.26. The largest absolute Gasteiger partial charge is 0.487 e. The van der Waals surface area contributed by atoms with E-state index in [-0.39, 0.29) is 5.91 Å². The van der Waals surface area contributed by atoms with Crippen LogP contribution >= 0.6 is 11.3 Å². The number of thiazole rings is 1. The molecule has 0 radical (unpaired) electrons. The number of rotatable bonds is 6. The summed E-state index contributed by atoms with van der Waals surface area (Å²) in [5, 5.41) is 1.95. The summed E-state index contributed by atoms with van der Waals surface area (Å²) in [6, 6.07) is 15.4. The van der Waals surface area contributed by atoms with Gasteiger partial charge in [0.2, 0.25) is 0 Å². The molecule has 0 unspecified atom stereocenters. The van der Waals surface area contributed by atoms with Gasteiger partial charge in [-0.2, -0.15) is 0 Å². The molecule has 0 atom stereocenters. The van der Waals surface area contributed by atoms with Crippen LogP contribution in [0, 0.1) is 6.92 Å². The molecular weight excluding hydrogens is 332 g/mol. The van der Waals surface area contributed by atoms with E-state index in [4.69, 9.17) is 4.74 Å². The van der Waals surface area contributed by atoms with E-state index in [1.54, 1.807) is 16.5 Å². The van der Waals surface area contributed by atoms with Crippen LogP contribution in [0.25, 0.3) is 0 Å². The number of ether oxygens (including phenoxy) is 1. The number of carbonyl (C=O) groups is 1. The molecule has 5 heteroatoms. The molecule has 1 heterocycles. The van der Waals surface area contributed by atoms with Gasteiger partial charge in [0.1, 0.15) is 12.4 Å². The second-order valence-electron chi connectivity index (χ2n) is 5.88. The normalized spacial score (nSPS) is 10.5. The molecule has 1 aromatic heterocycles. The Hall–Kier alpha value is -2.66. The zero-order valence-corrected chi connectivity index (χ0v) is 15.1. The summed E-state index contributed by atoms with van der Waals surface area (Å²) in [6.07, 6.45) is 0. The molecule has 0 aliphatic heterocycles. The highest BCUT2D eigenvalue weighted by Crippen LogP contribution is 2.18. The highest BCUT2D eigenvalue weighted by atomic mass is 32.1. The molecule has 0 saturated carbocycles. The molecule has 0 bridgehead atoms. The van der Waals surface area contributed by atoms with Gasteiger partial charge in [-0.1, -0.05) is 30.3 Å². The van der Waals surface area contributed by atoms with E-state index in [0.717, 1.165) is 11.3 Å². The van der Waals surface area contributed by atoms with E-state index in [1.165, 1.54) is 16.9 Å². The molecule has 3 aromatic rings. The van der Waals surface area contributed by atoms with E-state index < -0.39 is 0 Å². The third-order valence-corrected chi connectivity index (χ3v) is 4.60. The van der Waals surface area contributed by atoms with Crippen LogP contribution in [-0.4, -0.2) is 22.8 Å². The Morgan fingerprint density at radius 3 is 2.80 bits per heavy atom. The number of amides is 1. The van der Waals surface area contributed by atoms with Crippen LogP contribution in [0.3, 0.4) is 0 Å². The summed E-state index contributed by atoms with van der Waals surface area (Å²) in [4.78, 5) is 18.6. The number of nitrogens with zero attached hydrogens (tertiary/aromatic N) is 2. The van der Waals surface area contributed by atoms with Crippen molar-refractivity contribution in [3.05, 3.63) is 81.8 Å². The van der Waals surface area contributed by atoms with Crippen LogP contribution in [0.1, 0.15) is 27.2 Å². The molecular formula is C20H20N2O2S. The summed E-state index contributed by atoms with van der Waals surface area (Å²) in [5.41, 5.74) is 5.61. The van der Waals surface area contributed by atoms with Gasteiger partial charge >= 0.3 is 0 Å². The zero-order chi connectivity index (χ0) is 17.6. The second-order valence-corrected chi connectivity index (χ2v) is 6.60. The predicted molar refractivity (Wildman–Crippen MR) is 99.9 cm³/mol. The van der Waals surface area contributed by atoms with E-state index in [1.807, 2.05) is 48.8 Å². The molecule has 128 valence electrons. The van der Waals surface area contributed by atoms with Crippen LogP contribution in [0.2, 0.25) is 0 Å². The molecule has 0 fully saturated rings. The number of aryl methyl sites for hydroxylation is 1. The van der Waals surface area contributed by atoms with Gasteiger partial charge in [-0.25, -0.2) is 4.98 Å². The lowest BCUT2D eigenvalue weighted by molar-refractivity contribution is 0.0784. The first-order chi connectivity index (χ1) is 12.1. The van der Waals surface area contributed by atoms with Crippen molar-refractivity contribution in [3.8, 4) is 5.75 Å². The summed E-state index contributed by atoms with van der Waals surface area (Å²) in [6.45, 7) is 3.04. The van der Waals surface area contributed by atoms with Gasteiger partial charge in [-0.15, -0.1) is 11.3 Å². The number of hydrogen-bond acceptors (Lipinski definition) is 4. The third-order valence-electron chi connectivity index (χ3n) is 3.97. The Balaban J connectivity index is 1.67. The van der Waals surface area contributed by atoms with Crippen LogP contribution in [0.5, 0.6) is 5.75 Å². The van der Waals surface area contributed by atoms with Crippen LogP contribution in [0.4, 0.5) is 0 Å². The van der Waals surface area contributed by atoms with Crippen molar-refractivity contribution in [2.24, 2.45) is 0 Å². The Morgan fingerprint density at radius 2 is 2.04 bits per heavy atom. The minimum absolute atomic E-state index is 0.0256. The van der Waals surface area contributed by atoms with Crippen molar-refractivity contribution in [2.45, 2.75) is 20.1 Å². The molecule has 3 rings (SSSR count). The maximum atomic E-state index is 12.7. The molecule has 0 spiro atoms. The smallest absolute Gasteiger partial charge is 0.254 e. The third kappa shape index (κ3) is 4.45. The summed E-state index contributed by atoms with van der Waals surface area (Å²) < 4.78 is 5.73. The van der Waals surface area contributed by atoms with E-state index in [9.17, 15) is 4.79 Å². The van der Waals surface area contributed by atoms with Crippen LogP contribution in [0.15, 0.2) is 59.4 Å². The molecule has 0 N–H and O–H groups in total. The van der Waals surface area contributed by atoms with Gasteiger partial charge in [-0.05, 0) is 36.2 Å². The fraction of sp³-hybridized carbons (Fsp3) is 0.200. The van der Waals surface area contributed by atoms with Crippen LogP contribution < -0.4 is 4.74 Å². The Bertz CT molecular complexity index is 846. The summed E-state index contributed by atoms with van der Waals surface area (Å²) in [5.74, 6) is 0.644. The first kappa shape index (κ1) is 17.2. The Kier molecular flexibility index (Phi) is 5.46. The molecule has 0 saturated heterocycles. The van der Waals surface area contributed by atoms with Gasteiger partial charge in [0.15, 0.2) is 0 Å². The average molecular weight is 352 g/mol. The van der Waals surface area contributed by atoms with E-state index in [2.05, 4.69) is 18.0 Å². The van der Waals surface area contributed by atoms with Gasteiger partial charge in [0, 0.05) is 24.5 Å². The standard InChI is InChI=1S/C20H20N2O2S/c1-15-6-3-4-7-17(15)11-22(2)20(23)16-8-5-9-19(10-16)24-12-18-13-25-14-21-18/h3-10,13-14H,11-12H2,1-2H3. The lowest BCUT2D eigenvalue weighted by atomic mass is 10.1. The lowest BCUT2D eigenvalue weighted by Gasteiger charge is -2.19. The highest BCUT2D eigenvalue weighted by molar-refractivity contribution is 7.07. The molecule has 0 aliphatic rings. The maximum Gasteiger partial charge on any atom is 0.254 e. The highest BCUT2D eigenvalue weighted by Gasteiger charge is 2.13.